The van der Waals surface area contributed by atoms with Crippen molar-refractivity contribution in [3.8, 4) is 11.3 Å². The summed E-state index contributed by atoms with van der Waals surface area (Å²) in [6.07, 6.45) is 0.293. The summed E-state index contributed by atoms with van der Waals surface area (Å²) in [7, 11) is 1.45. The molecule has 1 aliphatic carbocycles. The van der Waals surface area contributed by atoms with Gasteiger partial charge in [0.2, 0.25) is 0 Å². The van der Waals surface area contributed by atoms with Crippen molar-refractivity contribution in [3.63, 3.8) is 0 Å². The van der Waals surface area contributed by atoms with Crippen LogP contribution in [0.3, 0.4) is 0 Å². The maximum absolute atomic E-state index is 13.7. The monoisotopic (exact) mass is 679 g/mol. The predicted molar refractivity (Wildman–Crippen MR) is 163 cm³/mol. The Kier molecular flexibility index (Phi) is 10.0. The number of carbonyl (C=O) groups is 4. The van der Waals surface area contributed by atoms with Crippen molar-refractivity contribution in [2.75, 3.05) is 44.6 Å². The van der Waals surface area contributed by atoms with Gasteiger partial charge in [-0.2, -0.15) is 18.3 Å². The van der Waals surface area contributed by atoms with Gasteiger partial charge in [-0.15, -0.1) is 0 Å². The average Bonchev–Trinajstić information content (AvgIpc) is 3.37. The molecule has 1 atom stereocenters. The maximum atomic E-state index is 13.7. The van der Waals surface area contributed by atoms with Crippen LogP contribution in [0.25, 0.3) is 11.3 Å². The van der Waals surface area contributed by atoms with Gasteiger partial charge in [-0.1, -0.05) is 11.6 Å². The molecule has 4 heterocycles. The Balaban J connectivity index is 0.00000139. The van der Waals surface area contributed by atoms with E-state index in [1.807, 2.05) is 0 Å². The maximum Gasteiger partial charge on any atom is 0.435 e. The zero-order valence-electron chi connectivity index (χ0n) is 25.3. The van der Waals surface area contributed by atoms with Crippen LogP contribution in [0.5, 0.6) is 0 Å². The number of piperazine rings is 1. The molecule has 18 heteroatoms. The van der Waals surface area contributed by atoms with Crippen molar-refractivity contribution in [2.24, 2.45) is 7.05 Å². The Hall–Kier alpha value is -4.64. The third kappa shape index (κ3) is 7.68. The van der Waals surface area contributed by atoms with Gasteiger partial charge in [-0.05, 0) is 44.0 Å². The smallest absolute Gasteiger partial charge is 0.435 e. The molecule has 6 rings (SSSR count). The summed E-state index contributed by atoms with van der Waals surface area (Å²) in [4.78, 5) is 54.5. The molecule has 0 radical (unpaired) electrons. The number of carbonyl (C=O) groups excluding carboxylic acids is 3. The highest BCUT2D eigenvalue weighted by Gasteiger charge is 2.40. The number of carboxylic acid groups (broad SMARTS) is 1. The summed E-state index contributed by atoms with van der Waals surface area (Å²) in [5.41, 5.74) is -0.566. The van der Waals surface area contributed by atoms with Gasteiger partial charge in [0.25, 0.3) is 18.3 Å². The normalized spacial score (nSPS) is 17.9. The molecule has 1 aromatic carbocycles. The molecule has 1 unspecified atom stereocenters. The second-order valence-corrected chi connectivity index (χ2v) is 11.7. The van der Waals surface area contributed by atoms with E-state index in [4.69, 9.17) is 21.5 Å². The van der Waals surface area contributed by atoms with Crippen LogP contribution in [0.1, 0.15) is 52.0 Å². The summed E-state index contributed by atoms with van der Waals surface area (Å²) < 4.78 is 43.8. The highest BCUT2D eigenvalue weighted by molar-refractivity contribution is 6.34. The molecule has 3 aromatic rings. The van der Waals surface area contributed by atoms with Gasteiger partial charge in [-0.3, -0.25) is 19.1 Å². The fourth-order valence-electron chi connectivity index (χ4n) is 5.47. The van der Waals surface area contributed by atoms with E-state index in [-0.39, 0.29) is 63.8 Å². The van der Waals surface area contributed by atoms with E-state index in [2.05, 4.69) is 26.0 Å². The lowest BCUT2D eigenvalue weighted by atomic mass is 10.1. The number of hydrogen-bond acceptors (Lipinski definition) is 7. The predicted octanol–water partition coefficient (Wildman–Crippen LogP) is 3.07. The molecule has 0 spiro atoms. The Labute approximate surface area is 271 Å². The van der Waals surface area contributed by atoms with Crippen LogP contribution in [0.2, 0.25) is 5.02 Å². The van der Waals surface area contributed by atoms with Crippen molar-refractivity contribution in [2.45, 2.75) is 37.5 Å². The highest BCUT2D eigenvalue weighted by Crippen LogP contribution is 2.41. The third-order valence-electron chi connectivity index (χ3n) is 8.09. The molecule has 4 N–H and O–H groups in total. The minimum Gasteiger partial charge on any atom is -0.483 e. The van der Waals surface area contributed by atoms with E-state index in [9.17, 15) is 27.6 Å². The van der Waals surface area contributed by atoms with Crippen LogP contribution in [0.15, 0.2) is 30.6 Å². The molecule has 2 aromatic heterocycles. The summed E-state index contributed by atoms with van der Waals surface area (Å²) in [6, 6.07) is 4.35. The van der Waals surface area contributed by atoms with E-state index >= 15 is 0 Å². The van der Waals surface area contributed by atoms with Crippen molar-refractivity contribution in [3.05, 3.63) is 52.7 Å². The number of anilines is 1. The third-order valence-corrected chi connectivity index (χ3v) is 8.40. The minimum absolute atomic E-state index is 0.0595. The lowest BCUT2D eigenvalue weighted by Crippen LogP contribution is -2.54. The van der Waals surface area contributed by atoms with Gasteiger partial charge in [0.05, 0.1) is 34.1 Å². The van der Waals surface area contributed by atoms with Crippen LogP contribution < -0.4 is 16.0 Å². The molecule has 1 saturated carbocycles. The number of imidazole rings is 1. The van der Waals surface area contributed by atoms with Crippen molar-refractivity contribution >= 4 is 41.6 Å². The highest BCUT2D eigenvalue weighted by atomic mass is 35.5. The first-order chi connectivity index (χ1) is 22.4. The van der Waals surface area contributed by atoms with Gasteiger partial charge >= 0.3 is 12.2 Å². The summed E-state index contributed by atoms with van der Waals surface area (Å²) in [6.45, 7) is 2.85. The lowest BCUT2D eigenvalue weighted by molar-refractivity contribution is -0.141. The Bertz CT molecular complexity index is 1640. The minimum atomic E-state index is -4.67. The second-order valence-electron chi connectivity index (χ2n) is 11.3. The number of amides is 4. The Morgan fingerprint density at radius 3 is 2.38 bits per heavy atom. The number of alkyl halides is 3. The number of benzene rings is 1. The van der Waals surface area contributed by atoms with E-state index in [1.54, 1.807) is 9.80 Å². The lowest BCUT2D eigenvalue weighted by Gasteiger charge is -2.35. The first-order valence-electron chi connectivity index (χ1n) is 14.8. The Morgan fingerprint density at radius 2 is 1.79 bits per heavy atom. The molecule has 3 fully saturated rings. The van der Waals surface area contributed by atoms with Crippen LogP contribution in [-0.4, -0.2) is 104 Å². The topological polar surface area (TPSA) is 167 Å². The molecule has 14 nitrogen and oxygen atoms in total. The molecule has 2 aliphatic heterocycles. The standard InChI is InChI=1S/C28H31ClF3N9O3.CH2O2/c1-38-22(20-15-41(18-3-4-18)37-23(20)28(30,31)32)14-34-24(38)25(42)35-16-2-5-19(21(29)12-16)26(43)39-8-10-40(11-9-39)27(44)36-17-6-7-33-13-17;2-1-3/h2,5,12,14-15,17-18,33H,3-4,6-11,13H2,1H3,(H,35,42)(H,36,44);1H,(H,2,3). The molecule has 2 saturated heterocycles. The second kappa shape index (κ2) is 14.0. The number of halogens is 4. The van der Waals surface area contributed by atoms with Gasteiger partial charge in [0, 0.05) is 57.7 Å². The molecule has 0 bridgehead atoms. The number of urea groups is 1. The average molecular weight is 680 g/mol. The van der Waals surface area contributed by atoms with E-state index in [0.717, 1.165) is 32.4 Å². The fourth-order valence-corrected chi connectivity index (χ4v) is 5.73. The van der Waals surface area contributed by atoms with Gasteiger partial charge in [-0.25, -0.2) is 9.78 Å². The van der Waals surface area contributed by atoms with Crippen molar-refractivity contribution < 1.29 is 37.5 Å². The molecule has 3 aliphatic rings. The first-order valence-corrected chi connectivity index (χ1v) is 15.2. The van der Waals surface area contributed by atoms with Gasteiger partial charge < -0.3 is 35.4 Å². The van der Waals surface area contributed by atoms with E-state index in [1.165, 1.54) is 46.9 Å². The molecule has 47 heavy (non-hydrogen) atoms. The largest absolute Gasteiger partial charge is 0.483 e. The number of hydrogen-bond donors (Lipinski definition) is 4. The molecule has 4 amide bonds. The van der Waals surface area contributed by atoms with Crippen LogP contribution in [0.4, 0.5) is 23.7 Å². The van der Waals surface area contributed by atoms with E-state index < -0.39 is 17.8 Å². The number of nitrogens with zero attached hydrogens (tertiary/aromatic N) is 6. The summed E-state index contributed by atoms with van der Waals surface area (Å²) >= 11 is 6.44. The number of nitrogens with one attached hydrogen (secondary N) is 3. The SMILES string of the molecule is Cn1c(-c2cn(C3CC3)nc2C(F)(F)F)cnc1C(=O)Nc1ccc(C(=O)N2CCN(C(=O)NC3CCNC3)CC2)c(Cl)c1.O=CO. The summed E-state index contributed by atoms with van der Waals surface area (Å²) in [5, 5.41) is 19.6. The van der Waals surface area contributed by atoms with Crippen molar-refractivity contribution in [1.82, 2.24) is 39.8 Å². The zero-order chi connectivity index (χ0) is 33.9. The summed E-state index contributed by atoms with van der Waals surface area (Å²) in [5.74, 6) is -1.08. The molecular weight excluding hydrogens is 647 g/mol. The zero-order valence-corrected chi connectivity index (χ0v) is 26.0. The van der Waals surface area contributed by atoms with Gasteiger partial charge in [0.15, 0.2) is 11.5 Å². The van der Waals surface area contributed by atoms with Crippen molar-refractivity contribution in [1.29, 1.82) is 0 Å². The van der Waals surface area contributed by atoms with Gasteiger partial charge in [0.1, 0.15) is 0 Å². The quantitative estimate of drug-likeness (QED) is 0.289. The Morgan fingerprint density at radius 1 is 1.11 bits per heavy atom. The van der Waals surface area contributed by atoms with Crippen LogP contribution in [-0.2, 0) is 18.0 Å². The fraction of sp³-hybridized carbons (Fsp3) is 0.448. The first kappa shape index (κ1) is 33.7. The van der Waals surface area contributed by atoms with Crippen LogP contribution in [0, 0.1) is 0 Å². The van der Waals surface area contributed by atoms with E-state index in [0.29, 0.717) is 26.2 Å². The number of aromatic nitrogens is 4. The molecular formula is C29H33ClF3N9O5. The number of rotatable bonds is 6. The molecule has 252 valence electrons. The van der Waals surface area contributed by atoms with Crippen LogP contribution >= 0.6 is 11.6 Å².